The molecule has 3 heterocycles. The van der Waals surface area contributed by atoms with Gasteiger partial charge in [0.05, 0.1) is 6.04 Å². The van der Waals surface area contributed by atoms with Gasteiger partial charge in [0, 0.05) is 18.0 Å². The van der Waals surface area contributed by atoms with Crippen molar-refractivity contribution in [1.82, 2.24) is 4.90 Å². The molecule has 2 atom stereocenters. The minimum atomic E-state index is -0.171. The maximum absolute atomic E-state index is 12.4. The van der Waals surface area contributed by atoms with Crippen molar-refractivity contribution in [2.24, 2.45) is 0 Å². The first-order valence-electron chi connectivity index (χ1n) is 6.32. The van der Waals surface area contributed by atoms with E-state index in [0.29, 0.717) is 6.04 Å². The van der Waals surface area contributed by atoms with Crippen LogP contribution in [-0.4, -0.2) is 30.1 Å². The summed E-state index contributed by atoms with van der Waals surface area (Å²) in [6, 6.07) is 4.50. The topological polar surface area (TPSA) is 29.5 Å². The number of carbonyl (C=O) groups excluding carboxylic acids is 1. The molecule has 0 aliphatic carbocycles. The van der Waals surface area contributed by atoms with Gasteiger partial charge in [0.1, 0.15) is 6.10 Å². The van der Waals surface area contributed by atoms with Crippen molar-refractivity contribution in [3.8, 4) is 0 Å². The van der Waals surface area contributed by atoms with E-state index in [9.17, 15) is 4.79 Å². The SMILES string of the molecule is O=C([C@@H]1CCCO1)N1CCC[C@@H]1c1cccs1. The van der Waals surface area contributed by atoms with Gasteiger partial charge in [0.2, 0.25) is 0 Å². The molecule has 3 rings (SSSR count). The van der Waals surface area contributed by atoms with Crippen molar-refractivity contribution < 1.29 is 9.53 Å². The molecular weight excluding hydrogens is 234 g/mol. The smallest absolute Gasteiger partial charge is 0.252 e. The molecule has 1 aromatic heterocycles. The van der Waals surface area contributed by atoms with Crippen molar-refractivity contribution in [2.75, 3.05) is 13.2 Å². The lowest BCUT2D eigenvalue weighted by atomic mass is 10.1. The molecule has 0 saturated carbocycles. The fourth-order valence-corrected chi connectivity index (χ4v) is 3.64. The van der Waals surface area contributed by atoms with Gasteiger partial charge in [-0.2, -0.15) is 0 Å². The molecule has 17 heavy (non-hydrogen) atoms. The predicted octanol–water partition coefficient (Wildman–Crippen LogP) is 2.59. The van der Waals surface area contributed by atoms with E-state index in [1.54, 1.807) is 11.3 Å². The fourth-order valence-electron chi connectivity index (χ4n) is 2.76. The van der Waals surface area contributed by atoms with E-state index in [-0.39, 0.29) is 12.0 Å². The molecule has 92 valence electrons. The highest BCUT2D eigenvalue weighted by atomic mass is 32.1. The van der Waals surface area contributed by atoms with E-state index in [4.69, 9.17) is 4.74 Å². The molecule has 0 aromatic carbocycles. The summed E-state index contributed by atoms with van der Waals surface area (Å²) >= 11 is 1.75. The Morgan fingerprint density at radius 1 is 1.41 bits per heavy atom. The van der Waals surface area contributed by atoms with Gasteiger partial charge in [0.25, 0.3) is 5.91 Å². The quantitative estimate of drug-likeness (QED) is 0.808. The largest absolute Gasteiger partial charge is 0.368 e. The van der Waals surface area contributed by atoms with E-state index >= 15 is 0 Å². The Labute approximate surface area is 105 Å². The summed E-state index contributed by atoms with van der Waals surface area (Å²) in [5, 5.41) is 2.09. The van der Waals surface area contributed by atoms with Gasteiger partial charge >= 0.3 is 0 Å². The van der Waals surface area contributed by atoms with Gasteiger partial charge in [0.15, 0.2) is 0 Å². The molecule has 0 unspecified atom stereocenters. The molecule has 2 aliphatic rings. The van der Waals surface area contributed by atoms with Crippen LogP contribution in [0.5, 0.6) is 0 Å². The Morgan fingerprint density at radius 2 is 2.35 bits per heavy atom. The van der Waals surface area contributed by atoms with E-state index in [2.05, 4.69) is 17.5 Å². The maximum atomic E-state index is 12.4. The van der Waals surface area contributed by atoms with Gasteiger partial charge in [-0.1, -0.05) is 6.07 Å². The third-order valence-electron chi connectivity index (χ3n) is 3.61. The van der Waals surface area contributed by atoms with Crippen LogP contribution in [0.2, 0.25) is 0 Å². The van der Waals surface area contributed by atoms with Crippen LogP contribution >= 0.6 is 11.3 Å². The number of likely N-dealkylation sites (tertiary alicyclic amines) is 1. The minimum Gasteiger partial charge on any atom is -0.368 e. The average Bonchev–Trinajstić information content (AvgIpc) is 3.09. The zero-order valence-corrected chi connectivity index (χ0v) is 10.6. The normalized spacial score (nSPS) is 28.8. The van der Waals surface area contributed by atoms with Gasteiger partial charge in [-0.05, 0) is 37.1 Å². The number of ether oxygens (including phenoxy) is 1. The van der Waals surface area contributed by atoms with Crippen LogP contribution < -0.4 is 0 Å². The van der Waals surface area contributed by atoms with Crippen LogP contribution in [0.3, 0.4) is 0 Å². The summed E-state index contributed by atoms with van der Waals surface area (Å²) in [5.74, 6) is 0.207. The third kappa shape index (κ3) is 2.11. The van der Waals surface area contributed by atoms with Crippen LogP contribution in [0.15, 0.2) is 17.5 Å². The van der Waals surface area contributed by atoms with Crippen LogP contribution in [-0.2, 0) is 9.53 Å². The van der Waals surface area contributed by atoms with E-state index < -0.39 is 0 Å². The second-order valence-electron chi connectivity index (χ2n) is 4.71. The second-order valence-corrected chi connectivity index (χ2v) is 5.69. The summed E-state index contributed by atoms with van der Waals surface area (Å²) < 4.78 is 5.51. The van der Waals surface area contributed by atoms with E-state index in [1.807, 2.05) is 4.90 Å². The summed E-state index contributed by atoms with van der Waals surface area (Å²) in [4.78, 5) is 15.7. The molecular formula is C13H17NO2S. The highest BCUT2D eigenvalue weighted by Crippen LogP contribution is 2.35. The number of hydrogen-bond donors (Lipinski definition) is 0. The van der Waals surface area contributed by atoms with Gasteiger partial charge < -0.3 is 9.64 Å². The average molecular weight is 251 g/mol. The Morgan fingerprint density at radius 3 is 3.06 bits per heavy atom. The first kappa shape index (κ1) is 11.2. The van der Waals surface area contributed by atoms with Crippen molar-refractivity contribution in [1.29, 1.82) is 0 Å². The standard InChI is InChI=1S/C13H17NO2S/c15-13(11-5-2-8-16-11)14-7-1-4-10(14)12-6-3-9-17-12/h3,6,9-11H,1-2,4-5,7-8H2/t10-,11+/m1/s1. The van der Waals surface area contributed by atoms with Crippen LogP contribution in [0.1, 0.15) is 36.6 Å². The monoisotopic (exact) mass is 251 g/mol. The number of nitrogens with zero attached hydrogens (tertiary/aromatic N) is 1. The number of hydrogen-bond acceptors (Lipinski definition) is 3. The van der Waals surface area contributed by atoms with Crippen molar-refractivity contribution in [3.63, 3.8) is 0 Å². The molecule has 2 saturated heterocycles. The second kappa shape index (κ2) is 4.78. The molecule has 2 fully saturated rings. The highest BCUT2D eigenvalue weighted by molar-refractivity contribution is 7.10. The molecule has 4 heteroatoms. The van der Waals surface area contributed by atoms with Gasteiger partial charge in [-0.3, -0.25) is 4.79 Å². The molecule has 1 aromatic rings. The molecule has 0 radical (unpaired) electrons. The fraction of sp³-hybridized carbons (Fsp3) is 0.615. The summed E-state index contributed by atoms with van der Waals surface area (Å²) in [5.41, 5.74) is 0. The Kier molecular flexibility index (Phi) is 3.16. The van der Waals surface area contributed by atoms with Crippen LogP contribution in [0.4, 0.5) is 0 Å². The number of rotatable bonds is 2. The Balaban J connectivity index is 1.75. The molecule has 1 amide bonds. The van der Waals surface area contributed by atoms with Crippen molar-refractivity contribution >= 4 is 17.2 Å². The van der Waals surface area contributed by atoms with Crippen LogP contribution in [0, 0.1) is 0 Å². The zero-order chi connectivity index (χ0) is 11.7. The zero-order valence-electron chi connectivity index (χ0n) is 9.80. The Hall–Kier alpha value is -0.870. The van der Waals surface area contributed by atoms with Gasteiger partial charge in [-0.25, -0.2) is 0 Å². The third-order valence-corrected chi connectivity index (χ3v) is 4.59. The lowest BCUT2D eigenvalue weighted by Gasteiger charge is -2.26. The summed E-state index contributed by atoms with van der Waals surface area (Å²) in [6.07, 6.45) is 3.95. The Bertz CT molecular complexity index is 384. The molecule has 0 N–H and O–H groups in total. The highest BCUT2D eigenvalue weighted by Gasteiger charge is 2.35. The van der Waals surface area contributed by atoms with Crippen molar-refractivity contribution in [3.05, 3.63) is 22.4 Å². The van der Waals surface area contributed by atoms with E-state index in [0.717, 1.165) is 38.8 Å². The van der Waals surface area contributed by atoms with Gasteiger partial charge in [-0.15, -0.1) is 11.3 Å². The molecule has 0 spiro atoms. The summed E-state index contributed by atoms with van der Waals surface area (Å²) in [6.45, 7) is 1.63. The van der Waals surface area contributed by atoms with Crippen molar-refractivity contribution in [2.45, 2.75) is 37.8 Å². The summed E-state index contributed by atoms with van der Waals surface area (Å²) in [7, 11) is 0. The first-order valence-corrected chi connectivity index (χ1v) is 7.20. The first-order chi connectivity index (χ1) is 8.36. The maximum Gasteiger partial charge on any atom is 0.252 e. The minimum absolute atomic E-state index is 0.171. The molecule has 2 aliphatic heterocycles. The number of amides is 1. The van der Waals surface area contributed by atoms with E-state index in [1.165, 1.54) is 4.88 Å². The lowest BCUT2D eigenvalue weighted by molar-refractivity contribution is -0.141. The molecule has 0 bridgehead atoms. The lowest BCUT2D eigenvalue weighted by Crippen LogP contribution is -2.38. The number of thiophene rings is 1. The number of carbonyl (C=O) groups is 1. The molecule has 3 nitrogen and oxygen atoms in total. The van der Waals surface area contributed by atoms with Crippen LogP contribution in [0.25, 0.3) is 0 Å². The predicted molar refractivity (Wildman–Crippen MR) is 67.0 cm³/mol.